The smallest absolute Gasteiger partial charge is 0.310 e. The molecular formula is C10H16O2. The number of carbonyl (C=O) groups is 1. The Hall–Kier alpha value is -0.790. The van der Waals surface area contributed by atoms with E-state index in [0.717, 1.165) is 18.4 Å². The Morgan fingerprint density at radius 3 is 2.42 bits per heavy atom. The Kier molecular flexibility index (Phi) is 2.55. The highest BCUT2D eigenvalue weighted by Gasteiger charge is 2.34. The number of aliphatic carboxylic acids is 1. The highest BCUT2D eigenvalue weighted by molar-refractivity contribution is 5.75. The van der Waals surface area contributed by atoms with E-state index >= 15 is 0 Å². The Morgan fingerprint density at radius 1 is 1.50 bits per heavy atom. The summed E-state index contributed by atoms with van der Waals surface area (Å²) in [7, 11) is 0. The summed E-state index contributed by atoms with van der Waals surface area (Å²) in [6.07, 6.45) is 2.00. The van der Waals surface area contributed by atoms with Gasteiger partial charge in [-0.2, -0.15) is 0 Å². The zero-order valence-corrected chi connectivity index (χ0v) is 7.92. The molecule has 1 aliphatic carbocycles. The lowest BCUT2D eigenvalue weighted by atomic mass is 9.93. The molecule has 2 heteroatoms. The normalized spacial score (nSPS) is 29.1. The lowest BCUT2D eigenvalue weighted by molar-refractivity contribution is -0.141. The van der Waals surface area contributed by atoms with Crippen molar-refractivity contribution in [2.45, 2.75) is 33.6 Å². The van der Waals surface area contributed by atoms with Crippen LogP contribution in [0.2, 0.25) is 0 Å². The molecule has 2 nitrogen and oxygen atoms in total. The first-order valence-corrected chi connectivity index (χ1v) is 4.43. The van der Waals surface area contributed by atoms with Crippen LogP contribution < -0.4 is 0 Å². The molecule has 0 aromatic carbocycles. The maximum Gasteiger partial charge on any atom is 0.310 e. The number of hydrogen-bond acceptors (Lipinski definition) is 1. The summed E-state index contributed by atoms with van der Waals surface area (Å²) >= 11 is 0. The number of carboxylic acid groups (broad SMARTS) is 1. The van der Waals surface area contributed by atoms with Gasteiger partial charge < -0.3 is 5.11 Å². The molecule has 0 aromatic heterocycles. The summed E-state index contributed by atoms with van der Waals surface area (Å²) in [6.45, 7) is 6.03. The minimum absolute atomic E-state index is 0.213. The Labute approximate surface area is 73.3 Å². The van der Waals surface area contributed by atoms with Crippen LogP contribution in [-0.4, -0.2) is 11.1 Å². The zero-order valence-electron chi connectivity index (χ0n) is 7.92. The monoisotopic (exact) mass is 168 g/mol. The topological polar surface area (TPSA) is 37.3 Å². The van der Waals surface area contributed by atoms with Crippen molar-refractivity contribution in [2.24, 2.45) is 11.8 Å². The first-order chi connectivity index (χ1) is 5.54. The third-order valence-electron chi connectivity index (χ3n) is 2.72. The van der Waals surface area contributed by atoms with Gasteiger partial charge in [0, 0.05) is 0 Å². The van der Waals surface area contributed by atoms with Crippen molar-refractivity contribution in [1.82, 2.24) is 0 Å². The molecule has 0 spiro atoms. The van der Waals surface area contributed by atoms with Crippen molar-refractivity contribution >= 4 is 5.97 Å². The molecule has 68 valence electrons. The van der Waals surface area contributed by atoms with Crippen molar-refractivity contribution in [3.8, 4) is 0 Å². The summed E-state index contributed by atoms with van der Waals surface area (Å²) in [6, 6.07) is 0. The van der Waals surface area contributed by atoms with E-state index in [2.05, 4.69) is 0 Å². The fourth-order valence-electron chi connectivity index (χ4n) is 2.00. The second-order valence-electron chi connectivity index (χ2n) is 3.86. The summed E-state index contributed by atoms with van der Waals surface area (Å²) in [5.41, 5.74) is 2.33. The van der Waals surface area contributed by atoms with Crippen molar-refractivity contribution < 1.29 is 9.90 Å². The minimum Gasteiger partial charge on any atom is -0.481 e. The van der Waals surface area contributed by atoms with Crippen LogP contribution in [0.25, 0.3) is 0 Å². The van der Waals surface area contributed by atoms with Crippen LogP contribution in [0.15, 0.2) is 11.1 Å². The molecule has 1 aliphatic rings. The van der Waals surface area contributed by atoms with Gasteiger partial charge in [-0.15, -0.1) is 0 Å². The number of allylic oxidation sites excluding steroid dienone is 1. The third-order valence-corrected chi connectivity index (χ3v) is 2.72. The van der Waals surface area contributed by atoms with Gasteiger partial charge in [-0.1, -0.05) is 18.1 Å². The molecule has 12 heavy (non-hydrogen) atoms. The Balaban J connectivity index is 2.93. The van der Waals surface area contributed by atoms with Gasteiger partial charge in [0.25, 0.3) is 0 Å². The SMILES string of the molecule is CC(C)=C1CCC(C)C1C(=O)O. The van der Waals surface area contributed by atoms with Crippen LogP contribution >= 0.6 is 0 Å². The summed E-state index contributed by atoms with van der Waals surface area (Å²) in [5, 5.41) is 8.97. The standard InChI is InChI=1S/C10H16O2/c1-6(2)8-5-4-7(3)9(8)10(11)12/h7,9H,4-5H2,1-3H3,(H,11,12). The molecule has 0 heterocycles. The molecule has 0 aliphatic heterocycles. The van der Waals surface area contributed by atoms with Crippen molar-refractivity contribution in [1.29, 1.82) is 0 Å². The molecule has 1 saturated carbocycles. The number of carboxylic acids is 1. The Bertz CT molecular complexity index is 224. The fraction of sp³-hybridized carbons (Fsp3) is 0.700. The van der Waals surface area contributed by atoms with Gasteiger partial charge in [-0.05, 0) is 32.6 Å². The van der Waals surface area contributed by atoms with Crippen molar-refractivity contribution in [3.05, 3.63) is 11.1 Å². The lowest BCUT2D eigenvalue weighted by Gasteiger charge is -2.12. The highest BCUT2D eigenvalue weighted by atomic mass is 16.4. The van der Waals surface area contributed by atoms with E-state index in [1.54, 1.807) is 0 Å². The zero-order chi connectivity index (χ0) is 9.30. The van der Waals surface area contributed by atoms with Gasteiger partial charge in [0.05, 0.1) is 5.92 Å². The first-order valence-electron chi connectivity index (χ1n) is 4.43. The maximum absolute atomic E-state index is 10.9. The highest BCUT2D eigenvalue weighted by Crippen LogP contribution is 2.38. The molecule has 0 bridgehead atoms. The maximum atomic E-state index is 10.9. The van der Waals surface area contributed by atoms with E-state index in [1.165, 1.54) is 5.57 Å². The Morgan fingerprint density at radius 2 is 2.08 bits per heavy atom. The van der Waals surface area contributed by atoms with Crippen LogP contribution in [0.4, 0.5) is 0 Å². The van der Waals surface area contributed by atoms with E-state index in [-0.39, 0.29) is 5.92 Å². The van der Waals surface area contributed by atoms with Gasteiger partial charge in [0.1, 0.15) is 0 Å². The first kappa shape index (κ1) is 9.30. The van der Waals surface area contributed by atoms with Gasteiger partial charge in [-0.3, -0.25) is 4.79 Å². The summed E-state index contributed by atoms with van der Waals surface area (Å²) in [5.74, 6) is -0.557. The second kappa shape index (κ2) is 3.30. The summed E-state index contributed by atoms with van der Waals surface area (Å²) < 4.78 is 0. The molecule has 1 fully saturated rings. The summed E-state index contributed by atoms with van der Waals surface area (Å²) in [4.78, 5) is 10.9. The van der Waals surface area contributed by atoms with Crippen LogP contribution in [0.1, 0.15) is 33.6 Å². The van der Waals surface area contributed by atoms with E-state index in [0.29, 0.717) is 5.92 Å². The molecule has 0 saturated heterocycles. The quantitative estimate of drug-likeness (QED) is 0.610. The van der Waals surface area contributed by atoms with Crippen LogP contribution in [0.5, 0.6) is 0 Å². The van der Waals surface area contributed by atoms with E-state index in [9.17, 15) is 4.79 Å². The van der Waals surface area contributed by atoms with E-state index in [4.69, 9.17) is 5.11 Å². The molecule has 0 amide bonds. The van der Waals surface area contributed by atoms with Gasteiger partial charge >= 0.3 is 5.97 Å². The largest absolute Gasteiger partial charge is 0.481 e. The average molecular weight is 168 g/mol. The average Bonchev–Trinajstić information content (AvgIpc) is 2.30. The van der Waals surface area contributed by atoms with Gasteiger partial charge in [0.15, 0.2) is 0 Å². The van der Waals surface area contributed by atoms with Crippen LogP contribution in [-0.2, 0) is 4.79 Å². The number of rotatable bonds is 1. The van der Waals surface area contributed by atoms with E-state index in [1.807, 2.05) is 20.8 Å². The van der Waals surface area contributed by atoms with Gasteiger partial charge in [0.2, 0.25) is 0 Å². The third kappa shape index (κ3) is 1.52. The predicted octanol–water partition coefficient (Wildman–Crippen LogP) is 2.45. The molecule has 0 aromatic rings. The molecule has 1 rings (SSSR count). The number of hydrogen-bond donors (Lipinski definition) is 1. The predicted molar refractivity (Wildman–Crippen MR) is 47.9 cm³/mol. The molecule has 0 radical (unpaired) electrons. The van der Waals surface area contributed by atoms with E-state index < -0.39 is 5.97 Å². The van der Waals surface area contributed by atoms with Crippen molar-refractivity contribution in [2.75, 3.05) is 0 Å². The molecule has 2 atom stereocenters. The molecular weight excluding hydrogens is 152 g/mol. The van der Waals surface area contributed by atoms with Crippen LogP contribution in [0.3, 0.4) is 0 Å². The van der Waals surface area contributed by atoms with Gasteiger partial charge in [-0.25, -0.2) is 0 Å². The van der Waals surface area contributed by atoms with Crippen molar-refractivity contribution in [3.63, 3.8) is 0 Å². The molecule has 1 N–H and O–H groups in total. The molecule has 2 unspecified atom stereocenters. The van der Waals surface area contributed by atoms with Crippen LogP contribution in [0, 0.1) is 11.8 Å². The fourth-order valence-corrected chi connectivity index (χ4v) is 2.00. The lowest BCUT2D eigenvalue weighted by Crippen LogP contribution is -2.18. The minimum atomic E-state index is -0.656. The second-order valence-corrected chi connectivity index (χ2v) is 3.86.